The third kappa shape index (κ3) is 2.58. The van der Waals surface area contributed by atoms with Gasteiger partial charge >= 0.3 is 0 Å². The van der Waals surface area contributed by atoms with E-state index in [2.05, 4.69) is 24.2 Å². The van der Waals surface area contributed by atoms with E-state index in [1.807, 2.05) is 16.9 Å². The second-order valence-electron chi connectivity index (χ2n) is 3.97. The molecule has 0 amide bonds. The van der Waals surface area contributed by atoms with Crippen LogP contribution in [0.15, 0.2) is 30.6 Å². The van der Waals surface area contributed by atoms with Gasteiger partial charge in [-0.15, -0.1) is 0 Å². The molecule has 90 valence electrons. The van der Waals surface area contributed by atoms with Gasteiger partial charge in [-0.1, -0.05) is 19.1 Å². The Labute approximate surface area is 101 Å². The van der Waals surface area contributed by atoms with Gasteiger partial charge in [0.05, 0.1) is 25.5 Å². The molecule has 0 aliphatic carbocycles. The van der Waals surface area contributed by atoms with E-state index in [0.29, 0.717) is 5.69 Å². The van der Waals surface area contributed by atoms with Crippen molar-refractivity contribution in [3.8, 4) is 5.75 Å². The van der Waals surface area contributed by atoms with Gasteiger partial charge in [-0.2, -0.15) is 5.10 Å². The lowest BCUT2D eigenvalue weighted by Gasteiger charge is -2.09. The molecule has 0 saturated carbocycles. The van der Waals surface area contributed by atoms with Crippen LogP contribution in [-0.4, -0.2) is 16.9 Å². The highest BCUT2D eigenvalue weighted by Crippen LogP contribution is 2.20. The fourth-order valence-electron chi connectivity index (χ4n) is 1.86. The summed E-state index contributed by atoms with van der Waals surface area (Å²) < 4.78 is 7.13. The van der Waals surface area contributed by atoms with Crippen molar-refractivity contribution in [1.82, 2.24) is 9.78 Å². The van der Waals surface area contributed by atoms with Crippen molar-refractivity contribution in [3.05, 3.63) is 41.7 Å². The molecule has 1 aromatic carbocycles. The predicted octanol–water partition coefficient (Wildman–Crippen LogP) is 2.08. The first-order valence-electron chi connectivity index (χ1n) is 5.66. The highest BCUT2D eigenvalue weighted by atomic mass is 16.5. The van der Waals surface area contributed by atoms with E-state index in [1.54, 1.807) is 13.3 Å². The summed E-state index contributed by atoms with van der Waals surface area (Å²) in [4.78, 5) is 0. The van der Waals surface area contributed by atoms with Crippen LogP contribution in [0.2, 0.25) is 0 Å². The minimum atomic E-state index is 0.689. The summed E-state index contributed by atoms with van der Waals surface area (Å²) in [5, 5.41) is 4.17. The summed E-state index contributed by atoms with van der Waals surface area (Å²) in [6.45, 7) is 2.85. The van der Waals surface area contributed by atoms with Crippen LogP contribution in [0.25, 0.3) is 0 Å². The van der Waals surface area contributed by atoms with Crippen LogP contribution in [-0.2, 0) is 13.0 Å². The fourth-order valence-corrected chi connectivity index (χ4v) is 1.86. The summed E-state index contributed by atoms with van der Waals surface area (Å²) in [5.74, 6) is 0.941. The van der Waals surface area contributed by atoms with Gasteiger partial charge in [-0.3, -0.25) is 4.68 Å². The van der Waals surface area contributed by atoms with Crippen LogP contribution in [0, 0.1) is 0 Å². The Morgan fingerprint density at radius 3 is 2.82 bits per heavy atom. The number of rotatable bonds is 4. The van der Waals surface area contributed by atoms with Gasteiger partial charge in [-0.05, 0) is 23.6 Å². The van der Waals surface area contributed by atoms with Gasteiger partial charge in [0.2, 0.25) is 0 Å². The van der Waals surface area contributed by atoms with Crippen LogP contribution in [0.5, 0.6) is 5.75 Å². The van der Waals surface area contributed by atoms with Crippen molar-refractivity contribution in [2.24, 2.45) is 0 Å². The molecule has 4 heteroatoms. The molecule has 0 atom stereocenters. The predicted molar refractivity (Wildman–Crippen MR) is 68.1 cm³/mol. The first kappa shape index (κ1) is 11.5. The second kappa shape index (κ2) is 4.91. The lowest BCUT2D eigenvalue weighted by atomic mass is 10.1. The molecule has 0 bridgehead atoms. The van der Waals surface area contributed by atoms with E-state index in [9.17, 15) is 0 Å². The van der Waals surface area contributed by atoms with Crippen molar-refractivity contribution in [2.75, 3.05) is 12.8 Å². The van der Waals surface area contributed by atoms with E-state index < -0.39 is 0 Å². The number of hydrogen-bond donors (Lipinski definition) is 1. The minimum Gasteiger partial charge on any atom is -0.496 e. The number of benzene rings is 1. The van der Waals surface area contributed by atoms with Crippen LogP contribution in [0.3, 0.4) is 0 Å². The number of nitrogen functional groups attached to an aromatic ring is 1. The first-order chi connectivity index (χ1) is 8.22. The number of anilines is 1. The molecule has 2 rings (SSSR count). The van der Waals surface area contributed by atoms with Gasteiger partial charge in [0.1, 0.15) is 5.75 Å². The third-order valence-electron chi connectivity index (χ3n) is 2.72. The van der Waals surface area contributed by atoms with Crippen molar-refractivity contribution in [3.63, 3.8) is 0 Å². The zero-order chi connectivity index (χ0) is 12.3. The molecule has 0 aliphatic heterocycles. The van der Waals surface area contributed by atoms with Crippen LogP contribution in [0.1, 0.15) is 18.1 Å². The van der Waals surface area contributed by atoms with E-state index >= 15 is 0 Å². The SMILES string of the molecule is CCc1cc(Cn2cc(N)cn2)ccc1OC. The highest BCUT2D eigenvalue weighted by molar-refractivity contribution is 5.37. The summed E-state index contributed by atoms with van der Waals surface area (Å²) in [6.07, 6.45) is 4.44. The average molecular weight is 231 g/mol. The van der Waals surface area contributed by atoms with Gasteiger partial charge in [0.25, 0.3) is 0 Å². The molecule has 2 aromatic rings. The third-order valence-corrected chi connectivity index (χ3v) is 2.72. The van der Waals surface area contributed by atoms with E-state index in [-0.39, 0.29) is 0 Å². The van der Waals surface area contributed by atoms with Gasteiger partial charge in [0, 0.05) is 6.20 Å². The summed E-state index contributed by atoms with van der Waals surface area (Å²) in [6, 6.07) is 6.20. The average Bonchev–Trinajstić information content (AvgIpc) is 2.74. The molecular formula is C13H17N3O. The number of methoxy groups -OCH3 is 1. The number of nitrogens with two attached hydrogens (primary N) is 1. The Balaban J connectivity index is 2.22. The van der Waals surface area contributed by atoms with Gasteiger partial charge in [0.15, 0.2) is 0 Å². The van der Waals surface area contributed by atoms with Gasteiger partial charge < -0.3 is 10.5 Å². The van der Waals surface area contributed by atoms with Crippen LogP contribution >= 0.6 is 0 Å². The molecule has 1 aromatic heterocycles. The monoisotopic (exact) mass is 231 g/mol. The molecule has 1 heterocycles. The molecule has 0 radical (unpaired) electrons. The molecule has 0 spiro atoms. The zero-order valence-electron chi connectivity index (χ0n) is 10.2. The molecule has 2 N–H and O–H groups in total. The first-order valence-corrected chi connectivity index (χ1v) is 5.66. The quantitative estimate of drug-likeness (QED) is 0.876. The standard InChI is InChI=1S/C13H17N3O/c1-3-11-6-10(4-5-13(11)17-2)8-16-9-12(14)7-15-16/h4-7,9H,3,8,14H2,1-2H3. The Kier molecular flexibility index (Phi) is 3.32. The molecule has 0 aliphatic rings. The summed E-state index contributed by atoms with van der Waals surface area (Å²) >= 11 is 0. The fraction of sp³-hybridized carbons (Fsp3) is 0.308. The topological polar surface area (TPSA) is 53.1 Å². The highest BCUT2D eigenvalue weighted by Gasteiger charge is 2.03. The van der Waals surface area contributed by atoms with Crippen LogP contribution in [0.4, 0.5) is 5.69 Å². The number of nitrogens with zero attached hydrogens (tertiary/aromatic N) is 2. The minimum absolute atomic E-state index is 0.689. The van der Waals surface area contributed by atoms with Crippen molar-refractivity contribution >= 4 is 5.69 Å². The molecule has 17 heavy (non-hydrogen) atoms. The number of aryl methyl sites for hydroxylation is 1. The van der Waals surface area contributed by atoms with Crippen molar-refractivity contribution < 1.29 is 4.74 Å². The van der Waals surface area contributed by atoms with E-state index in [0.717, 1.165) is 18.7 Å². The van der Waals surface area contributed by atoms with E-state index in [4.69, 9.17) is 10.5 Å². The van der Waals surface area contributed by atoms with E-state index in [1.165, 1.54) is 11.1 Å². The Morgan fingerprint density at radius 2 is 2.24 bits per heavy atom. The maximum Gasteiger partial charge on any atom is 0.122 e. The molecule has 0 fully saturated rings. The number of ether oxygens (including phenoxy) is 1. The molecule has 0 unspecified atom stereocenters. The van der Waals surface area contributed by atoms with Crippen molar-refractivity contribution in [2.45, 2.75) is 19.9 Å². The Morgan fingerprint density at radius 1 is 1.41 bits per heavy atom. The summed E-state index contributed by atoms with van der Waals surface area (Å²) in [5.41, 5.74) is 8.73. The maximum absolute atomic E-state index is 5.63. The van der Waals surface area contributed by atoms with Crippen LogP contribution < -0.4 is 10.5 Å². The lowest BCUT2D eigenvalue weighted by Crippen LogP contribution is -2.01. The Bertz CT molecular complexity index is 505. The maximum atomic E-state index is 5.63. The number of hydrogen-bond acceptors (Lipinski definition) is 3. The molecular weight excluding hydrogens is 214 g/mol. The van der Waals surface area contributed by atoms with Gasteiger partial charge in [-0.25, -0.2) is 0 Å². The summed E-state index contributed by atoms with van der Waals surface area (Å²) in [7, 11) is 1.70. The zero-order valence-corrected chi connectivity index (χ0v) is 10.2. The molecule has 0 saturated heterocycles. The smallest absolute Gasteiger partial charge is 0.122 e. The van der Waals surface area contributed by atoms with Crippen molar-refractivity contribution in [1.29, 1.82) is 0 Å². The number of aromatic nitrogens is 2. The molecule has 4 nitrogen and oxygen atoms in total. The largest absolute Gasteiger partial charge is 0.496 e. The second-order valence-corrected chi connectivity index (χ2v) is 3.97. The Hall–Kier alpha value is -1.97. The normalized spacial score (nSPS) is 10.5. The lowest BCUT2D eigenvalue weighted by molar-refractivity contribution is 0.410.